The van der Waals surface area contributed by atoms with Crippen LogP contribution in [0.3, 0.4) is 0 Å². The maximum Gasteiger partial charge on any atom is 0.164 e. The number of benzene rings is 7. The predicted octanol–water partition coefficient (Wildman–Crippen LogP) is 11.8. The van der Waals surface area contributed by atoms with E-state index in [4.69, 9.17) is 24.9 Å². The third kappa shape index (κ3) is 5.45. The highest BCUT2D eigenvalue weighted by Gasteiger charge is 2.17. The molecule has 7 aromatic carbocycles. The number of furan rings is 1. The van der Waals surface area contributed by atoms with E-state index in [2.05, 4.69) is 12.1 Å². The SMILES string of the molecule is [2H]c1c([2H])c([2H])c2c(oc3c([2H])cc(-c4nc(-c5ccc(-c6ccccc6)cc5)nc(-c5cccc(-c6ccccc6)c5)n4)c([2H])c32)c1-c1ccccc1. The van der Waals surface area contributed by atoms with E-state index >= 15 is 0 Å². The van der Waals surface area contributed by atoms with Gasteiger partial charge in [0.05, 0.1) is 6.85 Å². The molecular formula is C45H29N3O. The standard InChI is InChI=1S/C45H29N3O/c1-4-12-30(13-5-1)32-22-24-34(25-23-32)43-46-44(36-19-10-18-35(28-36)31-14-6-2-7-15-31)48-45(47-43)37-26-27-41-40(29-37)39-21-11-20-38(42(39)49-41)33-16-8-3-9-17-33/h1-29H/i11D,20D,21D,27D,29D. The number of para-hydroxylation sites is 1. The summed E-state index contributed by atoms with van der Waals surface area (Å²) in [5.41, 5.74) is 7.16. The van der Waals surface area contributed by atoms with Gasteiger partial charge in [0.15, 0.2) is 17.5 Å². The summed E-state index contributed by atoms with van der Waals surface area (Å²) in [4.78, 5) is 14.8. The lowest BCUT2D eigenvalue weighted by atomic mass is 10.0. The van der Waals surface area contributed by atoms with Crippen molar-refractivity contribution in [3.63, 3.8) is 0 Å². The van der Waals surface area contributed by atoms with Gasteiger partial charge in [0.1, 0.15) is 11.2 Å². The monoisotopic (exact) mass is 632 g/mol. The quantitative estimate of drug-likeness (QED) is 0.183. The predicted molar refractivity (Wildman–Crippen MR) is 200 cm³/mol. The molecule has 0 fully saturated rings. The Labute approximate surface area is 291 Å². The zero-order chi connectivity index (χ0) is 36.9. The number of fused-ring (bicyclic) bond motifs is 3. The van der Waals surface area contributed by atoms with Crippen molar-refractivity contribution < 1.29 is 11.3 Å². The van der Waals surface area contributed by atoms with Gasteiger partial charge >= 0.3 is 0 Å². The van der Waals surface area contributed by atoms with E-state index in [9.17, 15) is 1.37 Å². The first-order valence-electron chi connectivity index (χ1n) is 18.5. The van der Waals surface area contributed by atoms with E-state index in [1.165, 1.54) is 6.07 Å². The van der Waals surface area contributed by atoms with Crippen molar-refractivity contribution in [3.8, 4) is 67.5 Å². The van der Waals surface area contributed by atoms with Crippen molar-refractivity contribution in [1.29, 1.82) is 0 Å². The molecule has 0 atom stereocenters. The van der Waals surface area contributed by atoms with Crippen LogP contribution in [0.1, 0.15) is 6.85 Å². The topological polar surface area (TPSA) is 51.8 Å². The number of aromatic nitrogens is 3. The van der Waals surface area contributed by atoms with Crippen molar-refractivity contribution in [3.05, 3.63) is 176 Å². The summed E-state index contributed by atoms with van der Waals surface area (Å²) in [5.74, 6) is 0.963. The second-order valence-corrected chi connectivity index (χ2v) is 11.7. The van der Waals surface area contributed by atoms with Crippen LogP contribution in [0.25, 0.3) is 89.5 Å². The van der Waals surface area contributed by atoms with Crippen LogP contribution in [0.4, 0.5) is 0 Å². The maximum atomic E-state index is 9.55. The Morgan fingerprint density at radius 3 is 1.63 bits per heavy atom. The minimum Gasteiger partial charge on any atom is -0.455 e. The average Bonchev–Trinajstić information content (AvgIpc) is 3.64. The van der Waals surface area contributed by atoms with Crippen LogP contribution in [0.2, 0.25) is 0 Å². The van der Waals surface area contributed by atoms with Gasteiger partial charge < -0.3 is 4.42 Å². The van der Waals surface area contributed by atoms with Gasteiger partial charge in [0.25, 0.3) is 0 Å². The molecule has 9 rings (SSSR count). The van der Waals surface area contributed by atoms with Crippen LogP contribution < -0.4 is 0 Å². The lowest BCUT2D eigenvalue weighted by Crippen LogP contribution is -2.00. The molecule has 2 heterocycles. The first-order chi connectivity index (χ1) is 26.4. The highest BCUT2D eigenvalue weighted by molar-refractivity contribution is 6.10. The second kappa shape index (κ2) is 12.2. The number of nitrogens with zero attached hydrogens (tertiary/aromatic N) is 3. The Kier molecular flexibility index (Phi) is 5.87. The molecule has 0 bridgehead atoms. The third-order valence-electron chi connectivity index (χ3n) is 8.53. The van der Waals surface area contributed by atoms with Gasteiger partial charge in [-0.2, -0.15) is 0 Å². The zero-order valence-corrected chi connectivity index (χ0v) is 26.1. The minimum atomic E-state index is -0.289. The summed E-state index contributed by atoms with van der Waals surface area (Å²) in [6.07, 6.45) is 0. The molecule has 49 heavy (non-hydrogen) atoms. The van der Waals surface area contributed by atoms with Crippen molar-refractivity contribution >= 4 is 21.9 Å². The van der Waals surface area contributed by atoms with E-state index in [0.717, 1.165) is 33.4 Å². The highest BCUT2D eigenvalue weighted by atomic mass is 16.3. The van der Waals surface area contributed by atoms with Crippen LogP contribution in [0, 0.1) is 0 Å². The largest absolute Gasteiger partial charge is 0.455 e. The summed E-state index contributed by atoms with van der Waals surface area (Å²) < 4.78 is 51.3. The van der Waals surface area contributed by atoms with Crippen molar-refractivity contribution in [1.82, 2.24) is 15.0 Å². The first-order valence-corrected chi connectivity index (χ1v) is 16.0. The smallest absolute Gasteiger partial charge is 0.164 e. The Bertz CT molecular complexity index is 2860. The molecule has 0 saturated carbocycles. The van der Waals surface area contributed by atoms with Crippen LogP contribution in [-0.2, 0) is 0 Å². The van der Waals surface area contributed by atoms with E-state index in [-0.39, 0.29) is 63.5 Å². The molecule has 0 unspecified atom stereocenters. The number of hydrogen-bond acceptors (Lipinski definition) is 4. The van der Waals surface area contributed by atoms with E-state index in [1.807, 2.05) is 127 Å². The fourth-order valence-electron chi connectivity index (χ4n) is 6.06. The van der Waals surface area contributed by atoms with Gasteiger partial charge in [-0.25, -0.2) is 15.0 Å². The van der Waals surface area contributed by atoms with Crippen molar-refractivity contribution in [2.45, 2.75) is 0 Å². The molecule has 2 aromatic heterocycles. The molecule has 0 spiro atoms. The molecule has 0 N–H and O–H groups in total. The summed E-state index contributed by atoms with van der Waals surface area (Å²) in [7, 11) is 0. The first kappa shape index (κ1) is 23.6. The summed E-state index contributed by atoms with van der Waals surface area (Å²) in [5, 5.41) is 0.400. The Morgan fingerprint density at radius 1 is 0.408 bits per heavy atom. The molecule has 4 heteroatoms. The Hall–Kier alpha value is -6.65. The van der Waals surface area contributed by atoms with Crippen molar-refractivity contribution in [2.75, 3.05) is 0 Å². The third-order valence-corrected chi connectivity index (χ3v) is 8.53. The van der Waals surface area contributed by atoms with Gasteiger partial charge in [0.2, 0.25) is 0 Å². The van der Waals surface area contributed by atoms with Gasteiger partial charge in [-0.15, -0.1) is 0 Å². The van der Waals surface area contributed by atoms with E-state index in [0.29, 0.717) is 22.8 Å². The van der Waals surface area contributed by atoms with Gasteiger partial charge in [-0.3, -0.25) is 0 Å². The Balaban J connectivity index is 1.27. The molecule has 0 aliphatic carbocycles. The lowest BCUT2D eigenvalue weighted by molar-refractivity contribution is 0.670. The van der Waals surface area contributed by atoms with Gasteiger partial charge in [-0.05, 0) is 52.0 Å². The van der Waals surface area contributed by atoms with E-state index in [1.54, 1.807) is 0 Å². The average molecular weight is 633 g/mol. The summed E-state index contributed by atoms with van der Waals surface area (Å²) in [6, 6.07) is 45.9. The molecule has 0 aliphatic heterocycles. The van der Waals surface area contributed by atoms with Crippen molar-refractivity contribution in [2.24, 2.45) is 0 Å². The van der Waals surface area contributed by atoms with Crippen LogP contribution in [0.15, 0.2) is 180 Å². The fourth-order valence-corrected chi connectivity index (χ4v) is 6.06. The van der Waals surface area contributed by atoms with Crippen LogP contribution in [0.5, 0.6) is 0 Å². The summed E-state index contributed by atoms with van der Waals surface area (Å²) >= 11 is 0. The lowest BCUT2D eigenvalue weighted by Gasteiger charge is -2.10. The fraction of sp³-hybridized carbons (Fsp3) is 0. The highest BCUT2D eigenvalue weighted by Crippen LogP contribution is 2.38. The van der Waals surface area contributed by atoms with Crippen LogP contribution >= 0.6 is 0 Å². The normalized spacial score (nSPS) is 12.7. The molecule has 0 amide bonds. The molecule has 0 saturated heterocycles. The molecular weight excluding hydrogens is 599 g/mol. The minimum absolute atomic E-state index is 0.0366. The maximum absolute atomic E-state index is 9.55. The molecule has 4 nitrogen and oxygen atoms in total. The second-order valence-electron chi connectivity index (χ2n) is 11.7. The van der Waals surface area contributed by atoms with E-state index < -0.39 is 0 Å². The summed E-state index contributed by atoms with van der Waals surface area (Å²) in [6.45, 7) is 0. The van der Waals surface area contributed by atoms with Gasteiger partial charge in [0, 0.05) is 33.0 Å². The zero-order valence-electron chi connectivity index (χ0n) is 31.1. The van der Waals surface area contributed by atoms with Gasteiger partial charge in [-0.1, -0.05) is 152 Å². The molecule has 0 radical (unpaired) electrons. The Morgan fingerprint density at radius 2 is 0.939 bits per heavy atom. The molecule has 0 aliphatic rings. The molecule has 9 aromatic rings. The number of hydrogen-bond donors (Lipinski definition) is 0. The van der Waals surface area contributed by atoms with Crippen LogP contribution in [-0.4, -0.2) is 15.0 Å². The molecule has 230 valence electrons. The number of rotatable bonds is 6.